The van der Waals surface area contributed by atoms with Gasteiger partial charge in [0, 0.05) is 19.5 Å². The highest BCUT2D eigenvalue weighted by Gasteiger charge is 2.15. The number of rotatable bonds is 13. The topological polar surface area (TPSA) is 111 Å². The van der Waals surface area contributed by atoms with E-state index in [1.54, 1.807) is 10.4 Å². The van der Waals surface area contributed by atoms with Crippen molar-refractivity contribution in [1.82, 2.24) is 21.0 Å². The molecule has 0 bridgehead atoms. The van der Waals surface area contributed by atoms with Crippen LogP contribution in [0.15, 0.2) is 60.7 Å². The van der Waals surface area contributed by atoms with E-state index in [4.69, 9.17) is 5.21 Å². The summed E-state index contributed by atoms with van der Waals surface area (Å²) >= 11 is 0. The average Bonchev–Trinajstić information content (AvgIpc) is 2.80. The number of hydrogen-bond acceptors (Lipinski definition) is 5. The van der Waals surface area contributed by atoms with Crippen molar-refractivity contribution in [2.75, 3.05) is 19.6 Å². The molecule has 2 aromatic rings. The number of nitrogens with one attached hydrogen (secondary N) is 3. The van der Waals surface area contributed by atoms with Crippen LogP contribution >= 0.6 is 0 Å². The van der Waals surface area contributed by atoms with Gasteiger partial charge in [0.15, 0.2) is 0 Å². The van der Waals surface area contributed by atoms with Crippen molar-refractivity contribution in [3.63, 3.8) is 0 Å². The summed E-state index contributed by atoms with van der Waals surface area (Å²) in [5, 5.41) is 14.3. The number of hydrogen-bond donors (Lipinski definition) is 4. The number of carbonyl (C=O) groups is 3. The first-order chi connectivity index (χ1) is 15.1. The van der Waals surface area contributed by atoms with Gasteiger partial charge in [-0.15, -0.1) is 0 Å². The van der Waals surface area contributed by atoms with E-state index >= 15 is 0 Å². The summed E-state index contributed by atoms with van der Waals surface area (Å²) in [5.41, 5.74) is 3.60. The van der Waals surface area contributed by atoms with Crippen molar-refractivity contribution < 1.29 is 19.6 Å². The number of unbranched alkanes of at least 4 members (excludes halogenated alkanes) is 1. The largest absolute Gasteiger partial charge is 0.351 e. The highest BCUT2D eigenvalue weighted by molar-refractivity contribution is 5.81. The fraction of sp³-hybridized carbons (Fsp3) is 0.348. The monoisotopic (exact) mass is 426 g/mol. The molecule has 0 saturated carbocycles. The molecule has 31 heavy (non-hydrogen) atoms. The fourth-order valence-corrected chi connectivity index (χ4v) is 3.00. The molecule has 0 aliphatic heterocycles. The molecular weight excluding hydrogens is 396 g/mol. The smallest absolute Gasteiger partial charge is 0.243 e. The molecule has 0 saturated heterocycles. The van der Waals surface area contributed by atoms with E-state index in [0.29, 0.717) is 32.5 Å². The Labute approximate surface area is 182 Å². The van der Waals surface area contributed by atoms with Crippen LogP contribution in [0.25, 0.3) is 0 Å². The first kappa shape index (κ1) is 24.0. The molecule has 0 aliphatic carbocycles. The Bertz CT molecular complexity index is 757. The zero-order chi connectivity index (χ0) is 22.3. The van der Waals surface area contributed by atoms with E-state index in [2.05, 4.69) is 10.6 Å². The number of nitrogens with zero attached hydrogens (tertiary/aromatic N) is 1. The molecule has 8 nitrogen and oxygen atoms in total. The van der Waals surface area contributed by atoms with Gasteiger partial charge in [0.05, 0.1) is 13.1 Å². The lowest BCUT2D eigenvalue weighted by Gasteiger charge is -2.21. The van der Waals surface area contributed by atoms with Gasteiger partial charge in [-0.1, -0.05) is 60.7 Å². The molecular formula is C23H30N4O4. The standard InChI is InChI=1S/C23H30N4O4/c28-21(26-31)13-7-8-14-27(17-22(29)24-15-19-9-3-1-4-10-19)18-23(30)25-16-20-11-5-2-6-12-20/h1-6,9-12,31H,7-8,13-18H2,(H,24,29)(H,25,30)(H,26,28). The SMILES string of the molecule is O=C(CCCCN(CC(=O)NCc1ccccc1)CC(=O)NCc1ccccc1)NO. The maximum Gasteiger partial charge on any atom is 0.243 e. The number of carbonyl (C=O) groups excluding carboxylic acids is 3. The molecule has 0 radical (unpaired) electrons. The second kappa shape index (κ2) is 13.9. The van der Waals surface area contributed by atoms with Crippen LogP contribution in [0, 0.1) is 0 Å². The number of amides is 3. The van der Waals surface area contributed by atoms with Crippen LogP contribution in [0.4, 0.5) is 0 Å². The van der Waals surface area contributed by atoms with Gasteiger partial charge in [-0.2, -0.15) is 0 Å². The summed E-state index contributed by atoms with van der Waals surface area (Å²) in [6, 6.07) is 19.2. The number of benzene rings is 2. The van der Waals surface area contributed by atoms with E-state index < -0.39 is 5.91 Å². The second-order valence-electron chi connectivity index (χ2n) is 7.23. The molecule has 4 N–H and O–H groups in total. The Morgan fingerprint density at radius 1 is 0.710 bits per heavy atom. The second-order valence-corrected chi connectivity index (χ2v) is 7.23. The van der Waals surface area contributed by atoms with Gasteiger partial charge in [0.25, 0.3) is 0 Å². The molecule has 0 aromatic heterocycles. The Balaban J connectivity index is 1.82. The molecule has 0 aliphatic rings. The van der Waals surface area contributed by atoms with Crippen molar-refractivity contribution in [3.8, 4) is 0 Å². The van der Waals surface area contributed by atoms with E-state index in [-0.39, 0.29) is 31.3 Å². The van der Waals surface area contributed by atoms with Crippen molar-refractivity contribution >= 4 is 17.7 Å². The summed E-state index contributed by atoms with van der Waals surface area (Å²) in [6.07, 6.45) is 1.34. The number of hydroxylamine groups is 1. The minimum Gasteiger partial charge on any atom is -0.351 e. The molecule has 166 valence electrons. The normalized spacial score (nSPS) is 10.5. The van der Waals surface area contributed by atoms with Crippen LogP contribution in [0.1, 0.15) is 30.4 Å². The maximum atomic E-state index is 12.4. The van der Waals surface area contributed by atoms with Gasteiger partial charge in [-0.25, -0.2) is 5.48 Å². The Morgan fingerprint density at radius 3 is 1.65 bits per heavy atom. The van der Waals surface area contributed by atoms with E-state index in [9.17, 15) is 14.4 Å². The van der Waals surface area contributed by atoms with Gasteiger partial charge < -0.3 is 10.6 Å². The predicted molar refractivity (Wildman–Crippen MR) is 117 cm³/mol. The van der Waals surface area contributed by atoms with Crippen LogP contribution in [0.5, 0.6) is 0 Å². The average molecular weight is 427 g/mol. The molecule has 2 rings (SSSR count). The van der Waals surface area contributed by atoms with E-state index in [1.165, 1.54) is 0 Å². The quantitative estimate of drug-likeness (QED) is 0.221. The Kier molecular flexibility index (Phi) is 10.8. The van der Waals surface area contributed by atoms with Crippen LogP contribution in [0.3, 0.4) is 0 Å². The molecule has 8 heteroatoms. The van der Waals surface area contributed by atoms with Gasteiger partial charge in [0.1, 0.15) is 0 Å². The maximum absolute atomic E-state index is 12.4. The molecule has 0 atom stereocenters. The molecule has 0 fully saturated rings. The van der Waals surface area contributed by atoms with Crippen LogP contribution in [0.2, 0.25) is 0 Å². The zero-order valence-electron chi connectivity index (χ0n) is 17.5. The molecule has 2 aromatic carbocycles. The lowest BCUT2D eigenvalue weighted by atomic mass is 10.2. The van der Waals surface area contributed by atoms with Crippen molar-refractivity contribution in [1.29, 1.82) is 0 Å². The van der Waals surface area contributed by atoms with E-state index in [0.717, 1.165) is 11.1 Å². The van der Waals surface area contributed by atoms with Crippen LogP contribution in [-0.4, -0.2) is 47.5 Å². The molecule has 0 unspecified atom stereocenters. The Hall–Kier alpha value is -3.23. The van der Waals surface area contributed by atoms with Crippen LogP contribution < -0.4 is 16.1 Å². The minimum atomic E-state index is -0.451. The fourth-order valence-electron chi connectivity index (χ4n) is 3.00. The summed E-state index contributed by atoms with van der Waals surface area (Å²) < 4.78 is 0. The predicted octanol–water partition coefficient (Wildman–Crippen LogP) is 1.60. The molecule has 0 heterocycles. The van der Waals surface area contributed by atoms with E-state index in [1.807, 2.05) is 60.7 Å². The Morgan fingerprint density at radius 2 is 1.19 bits per heavy atom. The lowest BCUT2D eigenvalue weighted by Crippen LogP contribution is -2.43. The van der Waals surface area contributed by atoms with Crippen molar-refractivity contribution in [2.45, 2.75) is 32.4 Å². The van der Waals surface area contributed by atoms with Gasteiger partial charge in [0.2, 0.25) is 17.7 Å². The molecule has 0 spiro atoms. The van der Waals surface area contributed by atoms with Gasteiger partial charge in [-0.3, -0.25) is 24.5 Å². The summed E-state index contributed by atoms with van der Waals surface area (Å²) in [7, 11) is 0. The highest BCUT2D eigenvalue weighted by Crippen LogP contribution is 2.02. The zero-order valence-corrected chi connectivity index (χ0v) is 17.5. The third-order valence-electron chi connectivity index (χ3n) is 4.65. The van der Waals surface area contributed by atoms with Crippen molar-refractivity contribution in [2.24, 2.45) is 0 Å². The lowest BCUT2D eigenvalue weighted by molar-refractivity contribution is -0.129. The van der Waals surface area contributed by atoms with Crippen molar-refractivity contribution in [3.05, 3.63) is 71.8 Å². The minimum absolute atomic E-state index is 0.0811. The third kappa shape index (κ3) is 10.4. The third-order valence-corrected chi connectivity index (χ3v) is 4.65. The van der Waals surface area contributed by atoms with Gasteiger partial charge in [-0.05, 0) is 30.5 Å². The van der Waals surface area contributed by atoms with Crippen LogP contribution in [-0.2, 0) is 27.5 Å². The highest BCUT2D eigenvalue weighted by atomic mass is 16.5. The molecule has 3 amide bonds. The summed E-state index contributed by atoms with van der Waals surface area (Å²) in [4.78, 5) is 37.7. The van der Waals surface area contributed by atoms with Gasteiger partial charge >= 0.3 is 0 Å². The first-order valence-electron chi connectivity index (χ1n) is 10.3. The summed E-state index contributed by atoms with van der Waals surface area (Å²) in [5.74, 6) is -0.798. The summed E-state index contributed by atoms with van der Waals surface area (Å²) in [6.45, 7) is 1.49. The first-order valence-corrected chi connectivity index (χ1v) is 10.3.